The Hall–Kier alpha value is -2.34. The van der Waals surface area contributed by atoms with Crippen molar-refractivity contribution in [3.63, 3.8) is 0 Å². The van der Waals surface area contributed by atoms with Crippen molar-refractivity contribution in [2.45, 2.75) is 32.6 Å². The highest BCUT2D eigenvalue weighted by atomic mass is 14.3. The molecule has 3 aromatic rings. The standard InChI is InChI=1S/C23H24/c1-17-11-7-9-15-21(17)23(22-16-10-8-12-18(22)2)19(3)20-13-5-4-6-14-20/h4-16,19,23H,1-3H3. The highest BCUT2D eigenvalue weighted by molar-refractivity contribution is 5.44. The summed E-state index contributed by atoms with van der Waals surface area (Å²) in [5, 5.41) is 0. The molecular formula is C23H24. The first-order valence-electron chi connectivity index (χ1n) is 8.34. The lowest BCUT2D eigenvalue weighted by molar-refractivity contribution is 0.651. The second-order valence-corrected chi connectivity index (χ2v) is 6.39. The third-order valence-electron chi connectivity index (χ3n) is 4.87. The van der Waals surface area contributed by atoms with Crippen molar-refractivity contribution in [1.82, 2.24) is 0 Å². The molecule has 1 unspecified atom stereocenters. The van der Waals surface area contributed by atoms with E-state index in [1.54, 1.807) is 0 Å². The van der Waals surface area contributed by atoms with E-state index in [2.05, 4.69) is 99.6 Å². The fraction of sp³-hybridized carbons (Fsp3) is 0.217. The average molecular weight is 300 g/mol. The molecule has 1 atom stereocenters. The van der Waals surface area contributed by atoms with Crippen LogP contribution in [0.15, 0.2) is 78.9 Å². The van der Waals surface area contributed by atoms with Gasteiger partial charge in [-0.3, -0.25) is 0 Å². The van der Waals surface area contributed by atoms with Crippen molar-refractivity contribution < 1.29 is 0 Å². The molecule has 0 fully saturated rings. The molecule has 0 N–H and O–H groups in total. The summed E-state index contributed by atoms with van der Waals surface area (Å²) >= 11 is 0. The van der Waals surface area contributed by atoms with Crippen molar-refractivity contribution >= 4 is 0 Å². The van der Waals surface area contributed by atoms with Crippen LogP contribution in [0.25, 0.3) is 0 Å². The normalized spacial score (nSPS) is 12.3. The summed E-state index contributed by atoms with van der Waals surface area (Å²) in [7, 11) is 0. The zero-order chi connectivity index (χ0) is 16.2. The molecule has 0 aliphatic rings. The molecular weight excluding hydrogens is 276 g/mol. The minimum Gasteiger partial charge on any atom is -0.0622 e. The molecule has 3 aromatic carbocycles. The molecule has 3 rings (SSSR count). The summed E-state index contributed by atoms with van der Waals surface area (Å²) in [6.07, 6.45) is 0. The van der Waals surface area contributed by atoms with Crippen LogP contribution in [-0.2, 0) is 0 Å². The van der Waals surface area contributed by atoms with Crippen molar-refractivity contribution in [3.05, 3.63) is 107 Å². The van der Waals surface area contributed by atoms with Crippen LogP contribution < -0.4 is 0 Å². The fourth-order valence-electron chi connectivity index (χ4n) is 3.53. The molecule has 0 spiro atoms. The lowest BCUT2D eigenvalue weighted by Gasteiger charge is -2.28. The number of hydrogen-bond donors (Lipinski definition) is 0. The zero-order valence-electron chi connectivity index (χ0n) is 14.2. The summed E-state index contributed by atoms with van der Waals surface area (Å²) in [4.78, 5) is 0. The molecule has 0 amide bonds. The molecule has 0 aromatic heterocycles. The first-order valence-corrected chi connectivity index (χ1v) is 8.34. The smallest absolute Gasteiger partial charge is 0.0161 e. The van der Waals surface area contributed by atoms with E-state index < -0.39 is 0 Å². The number of hydrogen-bond acceptors (Lipinski definition) is 0. The van der Waals surface area contributed by atoms with Gasteiger partial charge < -0.3 is 0 Å². The lowest BCUT2D eigenvalue weighted by atomic mass is 9.75. The number of benzene rings is 3. The maximum absolute atomic E-state index is 2.35. The number of aryl methyl sites for hydroxylation is 2. The Labute approximate surface area is 139 Å². The molecule has 0 heterocycles. The van der Waals surface area contributed by atoms with E-state index in [9.17, 15) is 0 Å². The highest BCUT2D eigenvalue weighted by Crippen LogP contribution is 2.40. The summed E-state index contributed by atoms with van der Waals surface area (Å²) in [5.74, 6) is 0.804. The van der Waals surface area contributed by atoms with Gasteiger partial charge in [0.2, 0.25) is 0 Å². The summed E-state index contributed by atoms with van der Waals surface area (Å²) in [5.41, 5.74) is 6.98. The van der Waals surface area contributed by atoms with Crippen LogP contribution in [0.3, 0.4) is 0 Å². The van der Waals surface area contributed by atoms with Crippen LogP contribution in [0.1, 0.15) is 46.6 Å². The van der Waals surface area contributed by atoms with Gasteiger partial charge in [0.15, 0.2) is 0 Å². The third-order valence-corrected chi connectivity index (χ3v) is 4.87. The van der Waals surface area contributed by atoms with Crippen molar-refractivity contribution in [2.75, 3.05) is 0 Å². The predicted octanol–water partition coefficient (Wildman–Crippen LogP) is 6.24. The maximum Gasteiger partial charge on any atom is 0.0161 e. The largest absolute Gasteiger partial charge is 0.0622 e. The van der Waals surface area contributed by atoms with Gasteiger partial charge in [-0.2, -0.15) is 0 Å². The van der Waals surface area contributed by atoms with Gasteiger partial charge in [0.05, 0.1) is 0 Å². The van der Waals surface area contributed by atoms with E-state index in [-0.39, 0.29) is 0 Å². The van der Waals surface area contributed by atoms with Gasteiger partial charge in [0, 0.05) is 5.92 Å². The minimum atomic E-state index is 0.375. The molecule has 0 aliphatic heterocycles. The Morgan fingerprint density at radius 2 is 1.00 bits per heavy atom. The van der Waals surface area contributed by atoms with Crippen LogP contribution in [0.4, 0.5) is 0 Å². The first-order chi connectivity index (χ1) is 11.2. The Morgan fingerprint density at radius 1 is 0.565 bits per heavy atom. The van der Waals surface area contributed by atoms with Gasteiger partial charge in [-0.15, -0.1) is 0 Å². The molecule has 0 saturated carbocycles. The van der Waals surface area contributed by atoms with Gasteiger partial charge in [0.1, 0.15) is 0 Å². The van der Waals surface area contributed by atoms with Gasteiger partial charge in [-0.1, -0.05) is 85.8 Å². The molecule has 0 bridgehead atoms. The first kappa shape index (κ1) is 15.6. The molecule has 0 heteroatoms. The summed E-state index contributed by atoms with van der Waals surface area (Å²) < 4.78 is 0. The van der Waals surface area contributed by atoms with Crippen LogP contribution in [-0.4, -0.2) is 0 Å². The molecule has 23 heavy (non-hydrogen) atoms. The summed E-state index contributed by atoms with van der Waals surface area (Å²) in [6, 6.07) is 28.4. The van der Waals surface area contributed by atoms with E-state index in [0.717, 1.165) is 0 Å². The van der Waals surface area contributed by atoms with Crippen LogP contribution in [0.5, 0.6) is 0 Å². The Morgan fingerprint density at radius 3 is 1.48 bits per heavy atom. The Bertz CT molecular complexity index is 725. The van der Waals surface area contributed by atoms with Crippen molar-refractivity contribution in [3.8, 4) is 0 Å². The van der Waals surface area contributed by atoms with Crippen LogP contribution >= 0.6 is 0 Å². The summed E-state index contributed by atoms with van der Waals surface area (Å²) in [6.45, 7) is 6.79. The van der Waals surface area contributed by atoms with Gasteiger partial charge in [0.25, 0.3) is 0 Å². The van der Waals surface area contributed by atoms with Crippen molar-refractivity contribution in [1.29, 1.82) is 0 Å². The van der Waals surface area contributed by atoms with Gasteiger partial charge in [-0.25, -0.2) is 0 Å². The number of rotatable bonds is 4. The Balaban J connectivity index is 2.15. The van der Waals surface area contributed by atoms with Gasteiger partial charge >= 0.3 is 0 Å². The topological polar surface area (TPSA) is 0 Å². The predicted molar refractivity (Wildman–Crippen MR) is 99.1 cm³/mol. The van der Waals surface area contributed by atoms with Crippen LogP contribution in [0, 0.1) is 13.8 Å². The highest BCUT2D eigenvalue weighted by Gasteiger charge is 2.25. The monoisotopic (exact) mass is 300 g/mol. The van der Waals surface area contributed by atoms with Crippen LogP contribution in [0.2, 0.25) is 0 Å². The van der Waals surface area contributed by atoms with E-state index in [0.29, 0.717) is 11.8 Å². The molecule has 0 radical (unpaired) electrons. The average Bonchev–Trinajstić information content (AvgIpc) is 2.59. The minimum absolute atomic E-state index is 0.375. The maximum atomic E-state index is 2.35. The van der Waals surface area contributed by atoms with E-state index in [4.69, 9.17) is 0 Å². The van der Waals surface area contributed by atoms with Gasteiger partial charge in [-0.05, 0) is 47.6 Å². The zero-order valence-corrected chi connectivity index (χ0v) is 14.2. The fourth-order valence-corrected chi connectivity index (χ4v) is 3.53. The second kappa shape index (κ2) is 6.83. The molecule has 116 valence electrons. The SMILES string of the molecule is Cc1ccccc1C(c1ccccc1C)C(C)c1ccccc1. The Kier molecular flexibility index (Phi) is 4.62. The van der Waals surface area contributed by atoms with E-state index in [1.807, 2.05) is 0 Å². The lowest BCUT2D eigenvalue weighted by Crippen LogP contribution is -2.13. The third kappa shape index (κ3) is 3.22. The molecule has 0 saturated heterocycles. The quantitative estimate of drug-likeness (QED) is 0.535. The molecule has 0 aliphatic carbocycles. The van der Waals surface area contributed by atoms with E-state index in [1.165, 1.54) is 27.8 Å². The van der Waals surface area contributed by atoms with E-state index >= 15 is 0 Å². The molecule has 0 nitrogen and oxygen atoms in total. The second-order valence-electron chi connectivity index (χ2n) is 6.39. The van der Waals surface area contributed by atoms with Crippen molar-refractivity contribution in [2.24, 2.45) is 0 Å².